The highest BCUT2D eigenvalue weighted by Crippen LogP contribution is 2.19. The van der Waals surface area contributed by atoms with E-state index >= 15 is 0 Å². The highest BCUT2D eigenvalue weighted by atomic mass is 79.9. The summed E-state index contributed by atoms with van der Waals surface area (Å²) in [5.74, 6) is 0.701. The predicted octanol–water partition coefficient (Wildman–Crippen LogP) is 3.50. The smallest absolute Gasteiger partial charge is 0.255 e. The number of nitrogens with zero attached hydrogens (tertiary/aromatic N) is 4. The van der Waals surface area contributed by atoms with Crippen molar-refractivity contribution in [3.63, 3.8) is 0 Å². The number of aromatic amines is 1. The third kappa shape index (κ3) is 4.03. The van der Waals surface area contributed by atoms with Crippen LogP contribution in [0.3, 0.4) is 0 Å². The van der Waals surface area contributed by atoms with Gasteiger partial charge in [-0.2, -0.15) is 10.2 Å². The van der Waals surface area contributed by atoms with E-state index < -0.39 is 0 Å². The molecule has 0 radical (unpaired) electrons. The number of amides is 1. The van der Waals surface area contributed by atoms with Gasteiger partial charge in [0.1, 0.15) is 5.82 Å². The van der Waals surface area contributed by atoms with Gasteiger partial charge in [0.15, 0.2) is 4.77 Å². The maximum Gasteiger partial charge on any atom is 0.255 e. The second kappa shape index (κ2) is 8.18. The Kier molecular flexibility index (Phi) is 5.91. The fraction of sp³-hybridized carbons (Fsp3) is 0.333. The normalized spacial score (nSPS) is 11.0. The molecule has 0 fully saturated rings. The summed E-state index contributed by atoms with van der Waals surface area (Å²) in [6.45, 7) is 6.98. The van der Waals surface area contributed by atoms with Gasteiger partial charge >= 0.3 is 0 Å². The van der Waals surface area contributed by atoms with E-state index in [0.717, 1.165) is 28.2 Å². The Balaban J connectivity index is 1.73. The maximum absolute atomic E-state index is 12.7. The first-order valence-electron chi connectivity index (χ1n) is 8.66. The van der Waals surface area contributed by atoms with Crippen molar-refractivity contribution in [1.29, 1.82) is 0 Å². The lowest BCUT2D eigenvalue weighted by Gasteiger charge is -2.07. The monoisotopic (exact) mass is 448 g/mol. The molecule has 3 aromatic rings. The average Bonchev–Trinajstić information content (AvgIpc) is 3.14. The Bertz CT molecular complexity index is 1020. The zero-order valence-electron chi connectivity index (χ0n) is 15.4. The number of hydrogen-bond acceptors (Lipinski definition) is 4. The van der Waals surface area contributed by atoms with Crippen molar-refractivity contribution in [3.8, 4) is 5.69 Å². The van der Waals surface area contributed by atoms with E-state index in [0.29, 0.717) is 29.0 Å². The first kappa shape index (κ1) is 19.5. The fourth-order valence-corrected chi connectivity index (χ4v) is 3.59. The molecule has 27 heavy (non-hydrogen) atoms. The van der Waals surface area contributed by atoms with Crippen LogP contribution in [0.4, 0.5) is 0 Å². The number of H-pyrrole nitrogens is 1. The van der Waals surface area contributed by atoms with Crippen LogP contribution in [0.2, 0.25) is 0 Å². The summed E-state index contributed by atoms with van der Waals surface area (Å²) >= 11 is 8.62. The third-order valence-corrected chi connectivity index (χ3v) is 5.22. The van der Waals surface area contributed by atoms with Gasteiger partial charge in [0.05, 0.1) is 22.6 Å². The molecule has 1 amide bonds. The van der Waals surface area contributed by atoms with Crippen LogP contribution in [0.5, 0.6) is 0 Å². The van der Waals surface area contributed by atoms with E-state index in [1.807, 2.05) is 49.6 Å². The van der Waals surface area contributed by atoms with Crippen LogP contribution in [0.25, 0.3) is 5.69 Å². The summed E-state index contributed by atoms with van der Waals surface area (Å²) in [7, 11) is 0. The number of aryl methyl sites for hydroxylation is 1. The Morgan fingerprint density at radius 3 is 2.67 bits per heavy atom. The van der Waals surface area contributed by atoms with Crippen LogP contribution in [0.1, 0.15) is 34.5 Å². The van der Waals surface area contributed by atoms with Gasteiger partial charge in [-0.1, -0.05) is 15.9 Å². The van der Waals surface area contributed by atoms with Crippen LogP contribution >= 0.6 is 28.1 Å². The molecule has 0 unspecified atom stereocenters. The zero-order valence-corrected chi connectivity index (χ0v) is 17.8. The molecule has 0 atom stereocenters. The van der Waals surface area contributed by atoms with Crippen molar-refractivity contribution >= 4 is 34.1 Å². The number of hydrogen-bond donors (Lipinski definition) is 2. The predicted molar refractivity (Wildman–Crippen MR) is 110 cm³/mol. The average molecular weight is 449 g/mol. The molecule has 3 rings (SSSR count). The number of carbonyl (C=O) groups is 1. The van der Waals surface area contributed by atoms with E-state index in [9.17, 15) is 4.79 Å². The molecule has 0 saturated heterocycles. The second-order valence-corrected chi connectivity index (χ2v) is 7.43. The molecule has 0 saturated carbocycles. The summed E-state index contributed by atoms with van der Waals surface area (Å²) in [5, 5.41) is 14.5. The lowest BCUT2D eigenvalue weighted by atomic mass is 10.2. The minimum absolute atomic E-state index is 0.134. The topological polar surface area (TPSA) is 80.5 Å². The van der Waals surface area contributed by atoms with Gasteiger partial charge in [0, 0.05) is 24.0 Å². The fourth-order valence-electron chi connectivity index (χ4n) is 3.05. The van der Waals surface area contributed by atoms with Crippen LogP contribution in [-0.4, -0.2) is 37.0 Å². The number of aromatic nitrogens is 5. The molecule has 2 heterocycles. The van der Waals surface area contributed by atoms with Gasteiger partial charge in [-0.3, -0.25) is 9.89 Å². The second-order valence-electron chi connectivity index (χ2n) is 6.13. The van der Waals surface area contributed by atoms with Gasteiger partial charge in [0.25, 0.3) is 5.91 Å². The number of rotatable bonds is 6. The minimum atomic E-state index is -0.134. The first-order valence-corrected chi connectivity index (χ1v) is 9.87. The molecular weight excluding hydrogens is 428 g/mol. The van der Waals surface area contributed by atoms with Gasteiger partial charge in [-0.15, -0.1) is 0 Å². The first-order chi connectivity index (χ1) is 12.9. The minimum Gasteiger partial charge on any atom is -0.351 e. The SMILES string of the molecule is CCn1c(CCNC(=O)c2c(C)nn(-c3ccc(Br)cc3)c2C)n[nH]c1=S. The highest BCUT2D eigenvalue weighted by molar-refractivity contribution is 9.10. The zero-order chi connectivity index (χ0) is 19.6. The molecule has 0 bridgehead atoms. The van der Waals surface area contributed by atoms with Crippen LogP contribution in [0.15, 0.2) is 28.7 Å². The summed E-state index contributed by atoms with van der Waals surface area (Å²) in [6, 6.07) is 7.81. The van der Waals surface area contributed by atoms with E-state index in [1.165, 1.54) is 0 Å². The van der Waals surface area contributed by atoms with Crippen molar-refractivity contribution < 1.29 is 4.79 Å². The van der Waals surface area contributed by atoms with Crippen molar-refractivity contribution in [3.05, 3.63) is 56.3 Å². The number of nitrogens with one attached hydrogen (secondary N) is 2. The Morgan fingerprint density at radius 2 is 2.00 bits per heavy atom. The summed E-state index contributed by atoms with van der Waals surface area (Å²) in [6.07, 6.45) is 0.603. The van der Waals surface area contributed by atoms with E-state index in [-0.39, 0.29) is 5.91 Å². The third-order valence-electron chi connectivity index (χ3n) is 4.38. The van der Waals surface area contributed by atoms with Gasteiger partial charge < -0.3 is 9.88 Å². The molecule has 0 aliphatic carbocycles. The number of carbonyl (C=O) groups excluding carboxylic acids is 1. The number of benzene rings is 1. The van der Waals surface area contributed by atoms with Crippen LogP contribution < -0.4 is 5.32 Å². The summed E-state index contributed by atoms with van der Waals surface area (Å²) < 4.78 is 5.31. The Hall–Kier alpha value is -2.26. The quantitative estimate of drug-likeness (QED) is 0.565. The molecule has 2 aromatic heterocycles. The van der Waals surface area contributed by atoms with E-state index in [1.54, 1.807) is 4.68 Å². The lowest BCUT2D eigenvalue weighted by molar-refractivity contribution is 0.0952. The summed E-state index contributed by atoms with van der Waals surface area (Å²) in [5.41, 5.74) is 3.02. The van der Waals surface area contributed by atoms with Crippen LogP contribution in [0, 0.1) is 18.6 Å². The van der Waals surface area contributed by atoms with Gasteiger partial charge in [-0.25, -0.2) is 4.68 Å². The van der Waals surface area contributed by atoms with Crippen molar-refractivity contribution in [2.75, 3.05) is 6.54 Å². The van der Waals surface area contributed by atoms with Gasteiger partial charge in [0.2, 0.25) is 0 Å². The van der Waals surface area contributed by atoms with Crippen molar-refractivity contribution in [2.45, 2.75) is 33.7 Å². The molecule has 0 aliphatic rings. The molecule has 0 aliphatic heterocycles. The lowest BCUT2D eigenvalue weighted by Crippen LogP contribution is -2.27. The standard InChI is InChI=1S/C18H21BrN6OS/c1-4-24-15(21-22-18(24)27)9-10-20-17(26)16-11(2)23-25(12(16)3)14-7-5-13(19)6-8-14/h5-8H,4,9-10H2,1-3H3,(H,20,26)(H,22,27). The highest BCUT2D eigenvalue weighted by Gasteiger charge is 2.19. The molecule has 1 aromatic carbocycles. The largest absolute Gasteiger partial charge is 0.351 e. The Morgan fingerprint density at radius 1 is 1.30 bits per heavy atom. The molecular formula is C18H21BrN6OS. The van der Waals surface area contributed by atoms with Crippen molar-refractivity contribution in [1.82, 2.24) is 29.9 Å². The Labute approximate surface area is 170 Å². The van der Waals surface area contributed by atoms with E-state index in [4.69, 9.17) is 12.2 Å². The van der Waals surface area contributed by atoms with Crippen molar-refractivity contribution in [2.24, 2.45) is 0 Å². The molecule has 0 spiro atoms. The maximum atomic E-state index is 12.7. The summed E-state index contributed by atoms with van der Waals surface area (Å²) in [4.78, 5) is 12.7. The van der Waals surface area contributed by atoms with Gasteiger partial charge in [-0.05, 0) is 57.3 Å². The van der Waals surface area contributed by atoms with E-state index in [2.05, 4.69) is 36.5 Å². The molecule has 9 heteroatoms. The number of halogens is 1. The molecule has 2 N–H and O–H groups in total. The van der Waals surface area contributed by atoms with Crippen LogP contribution in [-0.2, 0) is 13.0 Å². The molecule has 7 nitrogen and oxygen atoms in total. The molecule has 142 valence electrons.